The van der Waals surface area contributed by atoms with Crippen LogP contribution >= 0.6 is 0 Å². The average molecular weight is 384 g/mol. The first-order valence-electron chi connectivity index (χ1n) is 9.34. The summed E-state index contributed by atoms with van der Waals surface area (Å²) in [5, 5.41) is 12.8. The number of esters is 1. The van der Waals surface area contributed by atoms with Crippen molar-refractivity contribution in [2.45, 2.75) is 27.2 Å². The van der Waals surface area contributed by atoms with Gasteiger partial charge >= 0.3 is 5.97 Å². The standard InChI is InChI=1S/C22H28N2O4/c1-5-24(14-20(26)23-21-15(2)7-6-8-16(21)3)12-11-17-9-10-19(25)18(13-17)22(27)28-4/h6-10,13,25H,5,11-12,14H2,1-4H3,(H,23,26). The minimum atomic E-state index is -0.570. The number of amides is 1. The fourth-order valence-corrected chi connectivity index (χ4v) is 3.04. The summed E-state index contributed by atoms with van der Waals surface area (Å²) in [7, 11) is 1.28. The van der Waals surface area contributed by atoms with Gasteiger partial charge < -0.3 is 15.2 Å². The van der Waals surface area contributed by atoms with E-state index >= 15 is 0 Å². The first-order chi connectivity index (χ1) is 13.3. The molecule has 2 rings (SSSR count). The number of carbonyl (C=O) groups excluding carboxylic acids is 2. The lowest BCUT2D eigenvalue weighted by molar-refractivity contribution is -0.117. The first kappa shape index (κ1) is 21.4. The number of hydrogen-bond acceptors (Lipinski definition) is 5. The molecule has 0 heterocycles. The lowest BCUT2D eigenvalue weighted by Gasteiger charge is -2.21. The van der Waals surface area contributed by atoms with Gasteiger partial charge in [0.2, 0.25) is 5.91 Å². The maximum Gasteiger partial charge on any atom is 0.341 e. The van der Waals surface area contributed by atoms with Crippen LogP contribution in [0.15, 0.2) is 36.4 Å². The number of methoxy groups -OCH3 is 1. The number of nitrogens with one attached hydrogen (secondary N) is 1. The van der Waals surface area contributed by atoms with Crippen molar-refractivity contribution < 1.29 is 19.4 Å². The van der Waals surface area contributed by atoms with Crippen molar-refractivity contribution in [1.82, 2.24) is 4.90 Å². The number of hydrogen-bond donors (Lipinski definition) is 2. The quantitative estimate of drug-likeness (QED) is 0.683. The number of anilines is 1. The Balaban J connectivity index is 1.97. The van der Waals surface area contributed by atoms with Crippen LogP contribution in [0.2, 0.25) is 0 Å². The van der Waals surface area contributed by atoms with Gasteiger partial charge in [0, 0.05) is 12.2 Å². The van der Waals surface area contributed by atoms with Crippen molar-refractivity contribution in [3.63, 3.8) is 0 Å². The topological polar surface area (TPSA) is 78.9 Å². The third kappa shape index (κ3) is 5.57. The molecule has 0 radical (unpaired) electrons. The summed E-state index contributed by atoms with van der Waals surface area (Å²) < 4.78 is 4.69. The van der Waals surface area contributed by atoms with Gasteiger partial charge in [-0.3, -0.25) is 9.69 Å². The molecule has 0 aliphatic carbocycles. The van der Waals surface area contributed by atoms with E-state index in [2.05, 4.69) is 10.1 Å². The van der Waals surface area contributed by atoms with Crippen molar-refractivity contribution >= 4 is 17.6 Å². The second-order valence-corrected chi connectivity index (χ2v) is 6.78. The molecule has 2 aromatic carbocycles. The fraction of sp³-hybridized carbons (Fsp3) is 0.364. The molecule has 28 heavy (non-hydrogen) atoms. The summed E-state index contributed by atoms with van der Waals surface area (Å²) in [6.45, 7) is 7.62. The molecule has 0 aliphatic rings. The van der Waals surface area contributed by atoms with E-state index in [4.69, 9.17) is 0 Å². The van der Waals surface area contributed by atoms with Crippen LogP contribution in [0.5, 0.6) is 5.75 Å². The zero-order valence-electron chi connectivity index (χ0n) is 16.9. The van der Waals surface area contributed by atoms with Gasteiger partial charge in [-0.25, -0.2) is 4.79 Å². The molecule has 0 unspecified atom stereocenters. The van der Waals surface area contributed by atoms with Crippen molar-refractivity contribution in [2.75, 3.05) is 32.1 Å². The molecule has 0 saturated carbocycles. The van der Waals surface area contributed by atoms with Crippen molar-refractivity contribution in [3.05, 3.63) is 58.7 Å². The van der Waals surface area contributed by atoms with E-state index in [1.54, 1.807) is 12.1 Å². The maximum absolute atomic E-state index is 12.5. The smallest absolute Gasteiger partial charge is 0.341 e. The second kappa shape index (κ2) is 9.90. The number of ether oxygens (including phenoxy) is 1. The third-order valence-corrected chi connectivity index (χ3v) is 4.74. The molecule has 0 atom stereocenters. The minimum Gasteiger partial charge on any atom is -0.507 e. The van der Waals surface area contributed by atoms with E-state index in [-0.39, 0.29) is 23.8 Å². The van der Waals surface area contributed by atoms with E-state index in [0.29, 0.717) is 13.0 Å². The molecule has 150 valence electrons. The number of rotatable bonds is 8. The van der Waals surface area contributed by atoms with Crippen LogP contribution in [0.3, 0.4) is 0 Å². The Bertz CT molecular complexity index is 828. The number of likely N-dealkylation sites (N-methyl/N-ethyl adjacent to an activating group) is 1. The van der Waals surface area contributed by atoms with E-state index in [9.17, 15) is 14.7 Å². The van der Waals surface area contributed by atoms with E-state index < -0.39 is 5.97 Å². The normalized spacial score (nSPS) is 10.8. The maximum atomic E-state index is 12.5. The third-order valence-electron chi connectivity index (χ3n) is 4.74. The number of aromatic hydroxyl groups is 1. The van der Waals surface area contributed by atoms with Gasteiger partial charge in [0.05, 0.1) is 13.7 Å². The van der Waals surface area contributed by atoms with Gasteiger partial charge in [-0.05, 0) is 55.6 Å². The van der Waals surface area contributed by atoms with E-state index in [1.165, 1.54) is 13.2 Å². The molecule has 6 heteroatoms. The van der Waals surface area contributed by atoms with Gasteiger partial charge in [0.15, 0.2) is 0 Å². The zero-order chi connectivity index (χ0) is 20.7. The Hall–Kier alpha value is -2.86. The SMILES string of the molecule is CCN(CCc1ccc(O)c(C(=O)OC)c1)CC(=O)Nc1c(C)cccc1C. The average Bonchev–Trinajstić information content (AvgIpc) is 2.68. The Morgan fingerprint density at radius 1 is 1.14 bits per heavy atom. The highest BCUT2D eigenvalue weighted by Crippen LogP contribution is 2.21. The molecule has 0 spiro atoms. The van der Waals surface area contributed by atoms with Gasteiger partial charge in [-0.15, -0.1) is 0 Å². The number of phenols is 1. The summed E-state index contributed by atoms with van der Waals surface area (Å²) in [6.07, 6.45) is 0.648. The highest BCUT2D eigenvalue weighted by atomic mass is 16.5. The second-order valence-electron chi connectivity index (χ2n) is 6.78. The summed E-state index contributed by atoms with van der Waals surface area (Å²) in [4.78, 5) is 26.2. The molecule has 0 fully saturated rings. The Labute approximate surface area is 166 Å². The number of phenolic OH excluding ortho intramolecular Hbond substituents is 1. The van der Waals surface area contributed by atoms with Crippen LogP contribution < -0.4 is 5.32 Å². The number of aryl methyl sites for hydroxylation is 2. The van der Waals surface area contributed by atoms with Gasteiger partial charge in [0.1, 0.15) is 11.3 Å². The predicted octanol–water partition coefficient (Wildman–Crippen LogP) is 3.30. The van der Waals surface area contributed by atoms with Crippen molar-refractivity contribution in [3.8, 4) is 5.75 Å². The Morgan fingerprint density at radius 2 is 1.82 bits per heavy atom. The predicted molar refractivity (Wildman–Crippen MR) is 110 cm³/mol. The van der Waals surface area contributed by atoms with Gasteiger partial charge in [0.25, 0.3) is 0 Å². The largest absolute Gasteiger partial charge is 0.507 e. The molecule has 1 amide bonds. The van der Waals surface area contributed by atoms with Gasteiger partial charge in [-0.2, -0.15) is 0 Å². The monoisotopic (exact) mass is 384 g/mol. The van der Waals surface area contributed by atoms with Gasteiger partial charge in [-0.1, -0.05) is 31.2 Å². The minimum absolute atomic E-state index is 0.0554. The number of nitrogens with zero attached hydrogens (tertiary/aromatic N) is 1. The number of carbonyl (C=O) groups is 2. The lowest BCUT2D eigenvalue weighted by Crippen LogP contribution is -2.34. The zero-order valence-corrected chi connectivity index (χ0v) is 16.9. The van der Waals surface area contributed by atoms with Crippen molar-refractivity contribution in [1.29, 1.82) is 0 Å². The molecule has 2 aromatic rings. The fourth-order valence-electron chi connectivity index (χ4n) is 3.04. The molecule has 0 aromatic heterocycles. The molecular weight excluding hydrogens is 356 g/mol. The van der Waals surface area contributed by atoms with Crippen LogP contribution in [0.4, 0.5) is 5.69 Å². The van der Waals surface area contributed by atoms with Crippen molar-refractivity contribution in [2.24, 2.45) is 0 Å². The van der Waals surface area contributed by atoms with Crippen LogP contribution in [-0.2, 0) is 16.0 Å². The highest BCUT2D eigenvalue weighted by Gasteiger charge is 2.14. The summed E-state index contributed by atoms with van der Waals surface area (Å²) in [5.41, 5.74) is 3.99. The van der Waals surface area contributed by atoms with E-state index in [1.807, 2.05) is 43.9 Å². The number of para-hydroxylation sites is 1. The molecular formula is C22H28N2O4. The molecule has 0 saturated heterocycles. The molecule has 0 bridgehead atoms. The Kier molecular flexibility index (Phi) is 7.58. The van der Waals surface area contributed by atoms with Crippen LogP contribution in [-0.4, -0.2) is 48.6 Å². The van der Waals surface area contributed by atoms with Crippen LogP contribution in [0.25, 0.3) is 0 Å². The van der Waals surface area contributed by atoms with E-state index in [0.717, 1.165) is 28.9 Å². The number of benzene rings is 2. The summed E-state index contributed by atoms with van der Waals surface area (Å²) in [6, 6.07) is 10.8. The van der Waals surface area contributed by atoms with Crippen LogP contribution in [0, 0.1) is 13.8 Å². The highest BCUT2D eigenvalue weighted by molar-refractivity contribution is 5.94. The molecule has 2 N–H and O–H groups in total. The molecule has 0 aliphatic heterocycles. The summed E-state index contributed by atoms with van der Waals surface area (Å²) in [5.74, 6) is -0.726. The lowest BCUT2D eigenvalue weighted by atomic mass is 10.1. The first-order valence-corrected chi connectivity index (χ1v) is 9.34. The van der Waals surface area contributed by atoms with Crippen LogP contribution in [0.1, 0.15) is 34.0 Å². The molecule has 6 nitrogen and oxygen atoms in total. The Morgan fingerprint density at radius 3 is 2.43 bits per heavy atom. The summed E-state index contributed by atoms with van der Waals surface area (Å²) >= 11 is 0.